The molecule has 2 N–H and O–H groups in total. The molecule has 0 aliphatic carbocycles. The predicted molar refractivity (Wildman–Crippen MR) is 62.5 cm³/mol. The maximum Gasteiger partial charge on any atom is 0.330 e. The molecule has 0 bridgehead atoms. The molecule has 0 aromatic carbocycles. The number of aromatic nitrogens is 2. The summed E-state index contributed by atoms with van der Waals surface area (Å²) in [6, 6.07) is 0. The number of nitrogens with zero attached hydrogens (tertiary/aromatic N) is 1. The number of rotatable bonds is 3. The number of aromatic amines is 1. The van der Waals surface area contributed by atoms with Gasteiger partial charge in [0.25, 0.3) is 5.56 Å². The lowest BCUT2D eigenvalue weighted by Gasteiger charge is -2.14. The third-order valence-electron chi connectivity index (χ3n) is 3.12. The molecule has 2 rings (SSSR count). The number of methoxy groups -OCH3 is 1. The van der Waals surface area contributed by atoms with Gasteiger partial charge in [0.1, 0.15) is 12.3 Å². The Hall–Kier alpha value is -1.44. The fraction of sp³-hybridized carbons (Fsp3) is 0.636. The van der Waals surface area contributed by atoms with E-state index in [4.69, 9.17) is 14.6 Å². The number of aryl methyl sites for hydroxylation is 1. The summed E-state index contributed by atoms with van der Waals surface area (Å²) >= 11 is 0. The number of aliphatic hydroxyl groups is 1. The van der Waals surface area contributed by atoms with Gasteiger partial charge < -0.3 is 14.6 Å². The molecule has 100 valence electrons. The molecule has 1 aliphatic rings. The summed E-state index contributed by atoms with van der Waals surface area (Å²) in [6.07, 6.45) is 0.652. The number of aliphatic hydroxyl groups excluding tert-OH is 1. The molecular formula is C11H16N2O5. The molecule has 7 heteroatoms. The highest BCUT2D eigenvalue weighted by molar-refractivity contribution is 5.02. The van der Waals surface area contributed by atoms with E-state index >= 15 is 0 Å². The topological polar surface area (TPSA) is 93.6 Å². The van der Waals surface area contributed by atoms with E-state index in [9.17, 15) is 9.59 Å². The lowest BCUT2D eigenvalue weighted by molar-refractivity contribution is -0.0535. The van der Waals surface area contributed by atoms with Gasteiger partial charge in [0.05, 0.1) is 12.7 Å². The van der Waals surface area contributed by atoms with Crippen molar-refractivity contribution in [3.05, 3.63) is 32.6 Å². The maximum absolute atomic E-state index is 11.7. The quantitative estimate of drug-likeness (QED) is 0.734. The molecule has 0 saturated carbocycles. The molecule has 2 heterocycles. The number of nitrogens with one attached hydrogen (secondary N) is 1. The van der Waals surface area contributed by atoms with Gasteiger partial charge >= 0.3 is 5.69 Å². The van der Waals surface area contributed by atoms with Gasteiger partial charge in [-0.05, 0) is 6.92 Å². The molecule has 1 aromatic heterocycles. The highest BCUT2D eigenvalue weighted by Crippen LogP contribution is 2.29. The normalized spacial score (nSPS) is 27.6. The van der Waals surface area contributed by atoms with E-state index < -0.39 is 23.6 Å². The third-order valence-corrected chi connectivity index (χ3v) is 3.12. The van der Waals surface area contributed by atoms with Gasteiger partial charge in [0.15, 0.2) is 0 Å². The van der Waals surface area contributed by atoms with Crippen LogP contribution in [0, 0.1) is 6.92 Å². The largest absolute Gasteiger partial charge is 0.394 e. The Kier molecular flexibility index (Phi) is 3.65. The summed E-state index contributed by atoms with van der Waals surface area (Å²) in [4.78, 5) is 25.2. The van der Waals surface area contributed by atoms with Crippen molar-refractivity contribution < 1.29 is 14.6 Å². The molecule has 1 saturated heterocycles. The van der Waals surface area contributed by atoms with Crippen molar-refractivity contribution in [1.82, 2.24) is 9.55 Å². The second-order valence-electron chi connectivity index (χ2n) is 4.30. The maximum atomic E-state index is 11.7. The van der Waals surface area contributed by atoms with Crippen LogP contribution in [0.2, 0.25) is 0 Å². The Balaban J connectivity index is 2.31. The number of ether oxygens (including phenoxy) is 2. The van der Waals surface area contributed by atoms with Crippen molar-refractivity contribution in [2.45, 2.75) is 31.8 Å². The zero-order valence-electron chi connectivity index (χ0n) is 10.3. The van der Waals surface area contributed by atoms with Gasteiger partial charge in [-0.2, -0.15) is 0 Å². The third kappa shape index (κ3) is 2.24. The van der Waals surface area contributed by atoms with Crippen LogP contribution in [0.25, 0.3) is 0 Å². The van der Waals surface area contributed by atoms with Gasteiger partial charge in [-0.15, -0.1) is 0 Å². The number of H-pyrrole nitrogens is 1. The first-order chi connectivity index (χ1) is 8.56. The lowest BCUT2D eigenvalue weighted by Crippen LogP contribution is -2.33. The van der Waals surface area contributed by atoms with Gasteiger partial charge in [-0.25, -0.2) is 4.79 Å². The number of hydrogen-bond donors (Lipinski definition) is 2. The van der Waals surface area contributed by atoms with Crippen molar-refractivity contribution in [2.24, 2.45) is 0 Å². The first-order valence-corrected chi connectivity index (χ1v) is 5.68. The minimum Gasteiger partial charge on any atom is -0.394 e. The van der Waals surface area contributed by atoms with Gasteiger partial charge in [0.2, 0.25) is 0 Å². The average Bonchev–Trinajstić information content (AvgIpc) is 2.76. The van der Waals surface area contributed by atoms with E-state index in [0.29, 0.717) is 12.0 Å². The van der Waals surface area contributed by atoms with Crippen LogP contribution in [0.15, 0.2) is 15.8 Å². The van der Waals surface area contributed by atoms with Crippen LogP contribution in [-0.2, 0) is 9.47 Å². The summed E-state index contributed by atoms with van der Waals surface area (Å²) in [5.74, 6) is 0. The standard InChI is InChI=1S/C11H16N2O5/c1-6-4-13(11(16)12-10(6)15)9-3-7(17-2)8(5-14)18-9/h4,7-9,14H,3,5H2,1-2H3,(H,12,15,16)/t7-,8+,9+/m0/s1. The molecule has 0 amide bonds. The van der Waals surface area contributed by atoms with Gasteiger partial charge in [0, 0.05) is 25.3 Å². The molecule has 0 unspecified atom stereocenters. The molecule has 18 heavy (non-hydrogen) atoms. The second-order valence-corrected chi connectivity index (χ2v) is 4.30. The molecule has 0 spiro atoms. The Labute approximate surface area is 103 Å². The molecule has 7 nitrogen and oxygen atoms in total. The van der Waals surface area contributed by atoms with E-state index in [1.54, 1.807) is 6.92 Å². The van der Waals surface area contributed by atoms with Crippen molar-refractivity contribution >= 4 is 0 Å². The minimum atomic E-state index is -0.532. The zero-order chi connectivity index (χ0) is 13.3. The summed E-state index contributed by atoms with van der Waals surface area (Å²) in [6.45, 7) is 1.44. The van der Waals surface area contributed by atoms with Crippen LogP contribution in [0.3, 0.4) is 0 Å². The van der Waals surface area contributed by atoms with Crippen LogP contribution in [0.4, 0.5) is 0 Å². The Morgan fingerprint density at radius 3 is 2.89 bits per heavy atom. The second kappa shape index (κ2) is 5.05. The van der Waals surface area contributed by atoms with Gasteiger partial charge in [-0.3, -0.25) is 14.3 Å². The Bertz CT molecular complexity index is 523. The Morgan fingerprint density at radius 1 is 1.61 bits per heavy atom. The molecule has 1 aromatic rings. The van der Waals surface area contributed by atoms with Crippen molar-refractivity contribution in [2.75, 3.05) is 13.7 Å². The summed E-state index contributed by atoms with van der Waals surface area (Å²) in [5.41, 5.74) is -0.500. The minimum absolute atomic E-state index is 0.175. The van der Waals surface area contributed by atoms with Crippen LogP contribution < -0.4 is 11.2 Å². The molecule has 3 atom stereocenters. The summed E-state index contributed by atoms with van der Waals surface area (Å²) in [7, 11) is 1.53. The average molecular weight is 256 g/mol. The highest BCUT2D eigenvalue weighted by Gasteiger charge is 2.36. The van der Waals surface area contributed by atoms with Crippen LogP contribution in [0.5, 0.6) is 0 Å². The Morgan fingerprint density at radius 2 is 2.33 bits per heavy atom. The number of hydrogen-bond acceptors (Lipinski definition) is 5. The van der Waals surface area contributed by atoms with Gasteiger partial charge in [-0.1, -0.05) is 0 Å². The van der Waals surface area contributed by atoms with E-state index in [1.165, 1.54) is 17.9 Å². The summed E-state index contributed by atoms with van der Waals surface area (Å²) < 4.78 is 12.0. The molecule has 1 fully saturated rings. The predicted octanol–water partition coefficient (Wildman–Crippen LogP) is -0.860. The fourth-order valence-corrected chi connectivity index (χ4v) is 2.08. The molecular weight excluding hydrogens is 240 g/mol. The zero-order valence-corrected chi connectivity index (χ0v) is 10.3. The summed E-state index contributed by atoms with van der Waals surface area (Å²) in [5, 5.41) is 9.15. The van der Waals surface area contributed by atoms with Crippen LogP contribution in [0.1, 0.15) is 18.2 Å². The van der Waals surface area contributed by atoms with Crippen LogP contribution >= 0.6 is 0 Å². The van der Waals surface area contributed by atoms with E-state index in [2.05, 4.69) is 4.98 Å². The lowest BCUT2D eigenvalue weighted by atomic mass is 10.2. The monoisotopic (exact) mass is 256 g/mol. The van der Waals surface area contributed by atoms with Crippen molar-refractivity contribution in [1.29, 1.82) is 0 Å². The van der Waals surface area contributed by atoms with Crippen LogP contribution in [-0.4, -0.2) is 40.6 Å². The first kappa shape index (κ1) is 13.0. The van der Waals surface area contributed by atoms with E-state index in [-0.39, 0.29) is 12.7 Å². The SMILES string of the molecule is CO[C@H]1C[C@H](n2cc(C)c(=O)[nH]c2=O)O[C@@H]1CO. The molecule has 0 radical (unpaired) electrons. The smallest absolute Gasteiger partial charge is 0.330 e. The van der Waals surface area contributed by atoms with E-state index in [1.807, 2.05) is 0 Å². The highest BCUT2D eigenvalue weighted by atomic mass is 16.6. The van der Waals surface area contributed by atoms with Crippen molar-refractivity contribution in [3.8, 4) is 0 Å². The first-order valence-electron chi connectivity index (χ1n) is 5.68. The van der Waals surface area contributed by atoms with E-state index in [0.717, 1.165) is 0 Å². The fourth-order valence-electron chi connectivity index (χ4n) is 2.08. The van der Waals surface area contributed by atoms with Crippen molar-refractivity contribution in [3.63, 3.8) is 0 Å². The molecule has 1 aliphatic heterocycles.